The van der Waals surface area contributed by atoms with Gasteiger partial charge in [0, 0.05) is 29.8 Å². The summed E-state index contributed by atoms with van der Waals surface area (Å²) in [5.74, 6) is -0.0113. The summed E-state index contributed by atoms with van der Waals surface area (Å²) in [4.78, 5) is 22.8. The zero-order valence-corrected chi connectivity index (χ0v) is 17.9. The first-order chi connectivity index (χ1) is 13.7. The number of aromatic nitrogens is 1. The maximum Gasteiger partial charge on any atom is 0.230 e. The number of likely N-dealkylation sites (tertiary alicyclic amines) is 1. The molecule has 6 heteroatoms. The minimum absolute atomic E-state index is 0.0113. The maximum absolute atomic E-state index is 12.3. The molecule has 3 aromatic rings. The van der Waals surface area contributed by atoms with E-state index in [9.17, 15) is 4.79 Å². The van der Waals surface area contributed by atoms with Crippen molar-refractivity contribution in [1.82, 2.24) is 9.88 Å². The van der Waals surface area contributed by atoms with Crippen LogP contribution in [0.5, 0.6) is 0 Å². The van der Waals surface area contributed by atoms with E-state index in [-0.39, 0.29) is 5.91 Å². The molecule has 146 valence electrons. The topological polar surface area (TPSA) is 36.4 Å². The molecule has 1 saturated heterocycles. The molecule has 1 aliphatic heterocycles. The van der Waals surface area contributed by atoms with Crippen LogP contribution < -0.4 is 4.90 Å². The number of hydrogen-bond acceptors (Lipinski definition) is 5. The Morgan fingerprint density at radius 1 is 1.25 bits per heavy atom. The molecule has 1 fully saturated rings. The summed E-state index contributed by atoms with van der Waals surface area (Å²) in [5, 5.41) is 5.00. The van der Waals surface area contributed by atoms with E-state index in [0.717, 1.165) is 36.0 Å². The zero-order chi connectivity index (χ0) is 19.5. The number of amides is 1. The molecule has 0 saturated carbocycles. The number of rotatable bonds is 6. The van der Waals surface area contributed by atoms with Gasteiger partial charge in [-0.2, -0.15) is 0 Å². The molecular formula is C22H25N3OS2. The monoisotopic (exact) mass is 411 g/mol. The highest BCUT2D eigenvalue weighted by Crippen LogP contribution is 2.36. The molecule has 1 aromatic carbocycles. The molecule has 0 bridgehead atoms. The van der Waals surface area contributed by atoms with Crippen LogP contribution in [0.2, 0.25) is 0 Å². The van der Waals surface area contributed by atoms with Crippen LogP contribution in [0.25, 0.3) is 0 Å². The molecule has 28 heavy (non-hydrogen) atoms. The van der Waals surface area contributed by atoms with Gasteiger partial charge in [-0.25, -0.2) is 4.98 Å². The third-order valence-electron chi connectivity index (χ3n) is 5.25. The third-order valence-corrected chi connectivity index (χ3v) is 7.10. The van der Waals surface area contributed by atoms with Gasteiger partial charge in [0.1, 0.15) is 0 Å². The van der Waals surface area contributed by atoms with Gasteiger partial charge >= 0.3 is 0 Å². The molecule has 1 aliphatic rings. The number of benzene rings is 1. The fourth-order valence-corrected chi connectivity index (χ4v) is 5.58. The number of anilines is 2. The van der Waals surface area contributed by atoms with E-state index >= 15 is 0 Å². The Morgan fingerprint density at radius 3 is 2.75 bits per heavy atom. The Hall–Kier alpha value is -2.02. The molecule has 3 heterocycles. The molecule has 1 amide bonds. The molecular weight excluding hydrogens is 386 g/mol. The lowest BCUT2D eigenvalue weighted by atomic mass is 10.1. The quantitative estimate of drug-likeness (QED) is 0.515. The van der Waals surface area contributed by atoms with E-state index in [0.29, 0.717) is 6.04 Å². The lowest BCUT2D eigenvalue weighted by Crippen LogP contribution is -2.24. The van der Waals surface area contributed by atoms with Crippen molar-refractivity contribution in [2.24, 2.45) is 0 Å². The second-order valence-electron chi connectivity index (χ2n) is 7.14. The second kappa shape index (κ2) is 8.55. The third kappa shape index (κ3) is 4.04. The van der Waals surface area contributed by atoms with Crippen molar-refractivity contribution >= 4 is 39.4 Å². The summed E-state index contributed by atoms with van der Waals surface area (Å²) >= 11 is 3.38. The Bertz CT molecular complexity index is 918. The van der Waals surface area contributed by atoms with Crippen LogP contribution in [0.15, 0.2) is 47.2 Å². The SMILES string of the molecule is CCc1ccc(N(C(C)=O)c2nc(CN3CCCC3c3cccs3)cs2)cc1. The number of carbonyl (C=O) groups excluding carboxylic acids is 1. The minimum Gasteiger partial charge on any atom is -0.290 e. The van der Waals surface area contributed by atoms with Crippen LogP contribution in [0.4, 0.5) is 10.8 Å². The van der Waals surface area contributed by atoms with Gasteiger partial charge in [-0.05, 0) is 54.9 Å². The average Bonchev–Trinajstić information content (AvgIpc) is 3.44. The first kappa shape index (κ1) is 19.3. The van der Waals surface area contributed by atoms with Crippen LogP contribution in [-0.4, -0.2) is 22.3 Å². The summed E-state index contributed by atoms with van der Waals surface area (Å²) in [6, 6.07) is 13.0. The number of thiazole rings is 1. The predicted molar refractivity (Wildman–Crippen MR) is 117 cm³/mol. The van der Waals surface area contributed by atoms with E-state index < -0.39 is 0 Å². The first-order valence-electron chi connectivity index (χ1n) is 9.77. The summed E-state index contributed by atoms with van der Waals surface area (Å²) in [7, 11) is 0. The smallest absolute Gasteiger partial charge is 0.230 e. The van der Waals surface area contributed by atoms with Gasteiger partial charge in [0.05, 0.1) is 11.4 Å². The number of thiophene rings is 1. The summed E-state index contributed by atoms with van der Waals surface area (Å²) in [6.07, 6.45) is 3.42. The summed E-state index contributed by atoms with van der Waals surface area (Å²) in [6.45, 7) is 5.67. The fraction of sp³-hybridized carbons (Fsp3) is 0.364. The van der Waals surface area contributed by atoms with Crippen LogP contribution in [0, 0.1) is 0 Å². The van der Waals surface area contributed by atoms with E-state index in [4.69, 9.17) is 4.98 Å². The number of aryl methyl sites for hydroxylation is 1. The highest BCUT2D eigenvalue weighted by Gasteiger charge is 2.27. The molecule has 0 spiro atoms. The molecule has 0 radical (unpaired) electrons. The van der Waals surface area contributed by atoms with Crippen molar-refractivity contribution in [3.63, 3.8) is 0 Å². The van der Waals surface area contributed by atoms with Gasteiger partial charge in [-0.3, -0.25) is 14.6 Å². The minimum atomic E-state index is -0.0113. The summed E-state index contributed by atoms with van der Waals surface area (Å²) in [5.41, 5.74) is 3.18. The van der Waals surface area contributed by atoms with Crippen LogP contribution >= 0.6 is 22.7 Å². The highest BCUT2D eigenvalue weighted by molar-refractivity contribution is 7.14. The standard InChI is InChI=1S/C22H25N3OS2/c1-3-17-8-10-19(11-9-17)25(16(2)26)22-23-18(15-28-22)14-24-12-4-6-20(24)21-7-5-13-27-21/h5,7-11,13,15,20H,3-4,6,12,14H2,1-2H3. The molecule has 4 rings (SSSR count). The summed E-state index contributed by atoms with van der Waals surface area (Å²) < 4.78 is 0. The van der Waals surface area contributed by atoms with Gasteiger partial charge in [-0.1, -0.05) is 25.1 Å². The maximum atomic E-state index is 12.3. The Balaban J connectivity index is 1.52. The number of nitrogens with zero attached hydrogens (tertiary/aromatic N) is 3. The van der Waals surface area contributed by atoms with Gasteiger partial charge in [0.15, 0.2) is 5.13 Å². The van der Waals surface area contributed by atoms with Crippen molar-refractivity contribution in [1.29, 1.82) is 0 Å². The molecule has 2 aromatic heterocycles. The van der Waals surface area contributed by atoms with Gasteiger partial charge in [-0.15, -0.1) is 22.7 Å². The normalized spacial score (nSPS) is 17.1. The fourth-order valence-electron chi connectivity index (χ4n) is 3.81. The van der Waals surface area contributed by atoms with Crippen molar-refractivity contribution in [2.75, 3.05) is 11.4 Å². The molecule has 4 nitrogen and oxygen atoms in total. The van der Waals surface area contributed by atoms with Crippen molar-refractivity contribution in [2.45, 2.75) is 45.7 Å². The number of hydrogen-bond donors (Lipinski definition) is 0. The molecule has 1 atom stereocenters. The molecule has 1 unspecified atom stereocenters. The number of carbonyl (C=O) groups is 1. The largest absolute Gasteiger partial charge is 0.290 e. The van der Waals surface area contributed by atoms with Crippen molar-refractivity contribution < 1.29 is 4.79 Å². The van der Waals surface area contributed by atoms with E-state index in [2.05, 4.69) is 46.8 Å². The van der Waals surface area contributed by atoms with Crippen LogP contribution in [0.1, 0.15) is 48.9 Å². The van der Waals surface area contributed by atoms with Crippen molar-refractivity contribution in [3.05, 3.63) is 63.3 Å². The Kier molecular flexibility index (Phi) is 5.90. The zero-order valence-electron chi connectivity index (χ0n) is 16.3. The Labute approximate surface area is 174 Å². The van der Waals surface area contributed by atoms with Gasteiger partial charge < -0.3 is 0 Å². The second-order valence-corrected chi connectivity index (χ2v) is 8.96. The average molecular weight is 412 g/mol. The van der Waals surface area contributed by atoms with E-state index in [1.165, 1.54) is 23.3 Å². The van der Waals surface area contributed by atoms with Gasteiger partial charge in [0.25, 0.3) is 0 Å². The van der Waals surface area contributed by atoms with E-state index in [1.54, 1.807) is 23.2 Å². The van der Waals surface area contributed by atoms with Crippen LogP contribution in [0.3, 0.4) is 0 Å². The van der Waals surface area contributed by atoms with E-state index in [1.807, 2.05) is 23.5 Å². The first-order valence-corrected chi connectivity index (χ1v) is 11.5. The highest BCUT2D eigenvalue weighted by atomic mass is 32.1. The van der Waals surface area contributed by atoms with Crippen LogP contribution in [-0.2, 0) is 17.8 Å². The lowest BCUT2D eigenvalue weighted by Gasteiger charge is -2.22. The lowest BCUT2D eigenvalue weighted by molar-refractivity contribution is -0.115. The Morgan fingerprint density at radius 2 is 2.07 bits per heavy atom. The van der Waals surface area contributed by atoms with Gasteiger partial charge in [0.2, 0.25) is 5.91 Å². The predicted octanol–water partition coefficient (Wildman–Crippen LogP) is 5.79. The molecule has 0 N–H and O–H groups in total. The van der Waals surface area contributed by atoms with Crippen molar-refractivity contribution in [3.8, 4) is 0 Å². The molecule has 0 aliphatic carbocycles.